The monoisotopic (exact) mass is 580 g/mol. The van der Waals surface area contributed by atoms with Crippen molar-refractivity contribution in [1.29, 1.82) is 0 Å². The molecule has 224 valence electrons. The van der Waals surface area contributed by atoms with Gasteiger partial charge in [0.05, 0.1) is 22.4 Å². The number of Topliss-reactive ketones (excluding diaryl/α,β-unsaturated/α-hetero) is 1. The molecule has 2 fully saturated rings. The molecule has 1 aliphatic carbocycles. The Morgan fingerprint density at radius 3 is 2.05 bits per heavy atom. The van der Waals surface area contributed by atoms with Gasteiger partial charge >= 0.3 is 12.4 Å². The standard InChI is InChI=1S/C26H34F6N4O4/c27-25(28,29)17-6-4-16(5-7-17)2-1-3-23(37)19-14-22(36(39)40)20(34-11-8-24(33)38)15-21(19)35-12-9-18(10-13-35)26(30,31)32/h14-18,34H,1-13H2,(H2,33,38). The first-order valence-corrected chi connectivity index (χ1v) is 13.4. The van der Waals surface area contributed by atoms with Crippen molar-refractivity contribution in [2.45, 2.75) is 76.6 Å². The summed E-state index contributed by atoms with van der Waals surface area (Å²) < 4.78 is 78.4. The van der Waals surface area contributed by atoms with Crippen molar-refractivity contribution in [1.82, 2.24) is 0 Å². The zero-order chi connectivity index (χ0) is 29.7. The number of nitrogens with two attached hydrogens (primary N) is 1. The topological polar surface area (TPSA) is 119 Å². The third-order valence-electron chi connectivity index (χ3n) is 7.92. The van der Waals surface area contributed by atoms with Crippen LogP contribution in [0.25, 0.3) is 0 Å². The fourth-order valence-corrected chi connectivity index (χ4v) is 5.59. The third kappa shape index (κ3) is 8.47. The normalized spacial score (nSPS) is 20.8. The molecule has 1 aliphatic heterocycles. The van der Waals surface area contributed by atoms with Gasteiger partial charge in [0.15, 0.2) is 5.78 Å². The van der Waals surface area contributed by atoms with Crippen LogP contribution in [0.5, 0.6) is 0 Å². The van der Waals surface area contributed by atoms with Crippen molar-refractivity contribution < 1.29 is 40.9 Å². The molecule has 8 nitrogen and oxygen atoms in total. The number of alkyl halides is 6. The quantitative estimate of drug-likeness (QED) is 0.136. The van der Waals surface area contributed by atoms with Gasteiger partial charge in [-0.2, -0.15) is 26.3 Å². The van der Waals surface area contributed by atoms with E-state index < -0.39 is 46.5 Å². The van der Waals surface area contributed by atoms with Crippen molar-refractivity contribution >= 4 is 28.8 Å². The highest BCUT2D eigenvalue weighted by Gasteiger charge is 2.42. The van der Waals surface area contributed by atoms with Gasteiger partial charge in [0, 0.05) is 44.1 Å². The van der Waals surface area contributed by atoms with Gasteiger partial charge in [-0.15, -0.1) is 0 Å². The van der Waals surface area contributed by atoms with Crippen LogP contribution in [0, 0.1) is 27.9 Å². The molecule has 14 heteroatoms. The summed E-state index contributed by atoms with van der Waals surface area (Å²) in [6, 6.07) is 2.47. The number of rotatable bonds is 11. The van der Waals surface area contributed by atoms with Gasteiger partial charge in [-0.3, -0.25) is 19.7 Å². The number of primary amides is 1. The van der Waals surface area contributed by atoms with Crippen molar-refractivity contribution in [3.05, 3.63) is 27.8 Å². The maximum atomic E-state index is 13.3. The highest BCUT2D eigenvalue weighted by atomic mass is 19.4. The van der Waals surface area contributed by atoms with Crippen molar-refractivity contribution in [2.75, 3.05) is 29.9 Å². The molecule has 1 amide bonds. The highest BCUT2D eigenvalue weighted by molar-refractivity contribution is 6.03. The van der Waals surface area contributed by atoms with Crippen LogP contribution in [0.15, 0.2) is 12.1 Å². The van der Waals surface area contributed by atoms with Gasteiger partial charge in [-0.05, 0) is 56.9 Å². The van der Waals surface area contributed by atoms with Gasteiger partial charge in [-0.1, -0.05) is 6.42 Å². The van der Waals surface area contributed by atoms with Crippen LogP contribution < -0.4 is 16.0 Å². The lowest BCUT2D eigenvalue weighted by Gasteiger charge is -2.35. The van der Waals surface area contributed by atoms with E-state index in [4.69, 9.17) is 5.73 Å². The summed E-state index contributed by atoms with van der Waals surface area (Å²) in [5.41, 5.74) is 5.00. The van der Waals surface area contributed by atoms with E-state index in [-0.39, 0.29) is 81.0 Å². The molecule has 2 aliphatic rings. The van der Waals surface area contributed by atoms with E-state index >= 15 is 0 Å². The number of anilines is 2. The number of carbonyl (C=O) groups excluding carboxylic acids is 2. The molecule has 3 rings (SSSR count). The molecule has 0 radical (unpaired) electrons. The lowest BCUT2D eigenvalue weighted by Crippen LogP contribution is -2.39. The minimum Gasteiger partial charge on any atom is -0.379 e. The SMILES string of the molecule is NC(=O)CCNc1cc(N2CCC(C(F)(F)F)CC2)c(C(=O)CCCC2CCC(C(F)(F)F)CC2)cc1[N+](=O)[O-]. The molecule has 0 unspecified atom stereocenters. The van der Waals surface area contributed by atoms with Gasteiger partial charge in [0.25, 0.3) is 5.69 Å². The Hall–Kier alpha value is -3.06. The summed E-state index contributed by atoms with van der Waals surface area (Å²) in [7, 11) is 0. The molecule has 1 heterocycles. The fourth-order valence-electron chi connectivity index (χ4n) is 5.59. The van der Waals surface area contributed by atoms with Gasteiger partial charge < -0.3 is 16.0 Å². The zero-order valence-corrected chi connectivity index (χ0v) is 22.0. The predicted octanol–water partition coefficient (Wildman–Crippen LogP) is 6.38. The average molecular weight is 581 g/mol. The van der Waals surface area contributed by atoms with E-state index in [1.165, 1.54) is 6.07 Å². The minimum atomic E-state index is -4.35. The summed E-state index contributed by atoms with van der Waals surface area (Å²) in [5.74, 6) is -3.79. The predicted molar refractivity (Wildman–Crippen MR) is 136 cm³/mol. The second-order valence-electron chi connectivity index (χ2n) is 10.7. The number of piperidine rings is 1. The van der Waals surface area contributed by atoms with Crippen LogP contribution in [-0.2, 0) is 4.79 Å². The number of halogens is 6. The van der Waals surface area contributed by atoms with Gasteiger partial charge in [-0.25, -0.2) is 0 Å². The largest absolute Gasteiger partial charge is 0.391 e. The summed E-state index contributed by atoms with van der Waals surface area (Å²) in [4.78, 5) is 37.1. The molecular formula is C26H34F6N4O4. The first-order valence-electron chi connectivity index (χ1n) is 13.4. The van der Waals surface area contributed by atoms with Crippen molar-refractivity contribution in [2.24, 2.45) is 23.5 Å². The maximum Gasteiger partial charge on any atom is 0.391 e. The van der Waals surface area contributed by atoms with Gasteiger partial charge in [0.1, 0.15) is 5.69 Å². The number of nitrogens with zero attached hydrogens (tertiary/aromatic N) is 2. The van der Waals surface area contributed by atoms with E-state index in [0.29, 0.717) is 25.7 Å². The molecule has 1 aromatic carbocycles. The number of ketones is 1. The summed E-state index contributed by atoms with van der Waals surface area (Å²) in [5, 5.41) is 14.6. The number of hydrogen-bond donors (Lipinski definition) is 2. The molecule has 0 aromatic heterocycles. The number of amides is 1. The van der Waals surface area contributed by atoms with E-state index in [2.05, 4.69) is 5.32 Å². The fraction of sp³-hybridized carbons (Fsp3) is 0.692. The third-order valence-corrected chi connectivity index (χ3v) is 7.92. The lowest BCUT2D eigenvalue weighted by atomic mass is 9.79. The number of benzene rings is 1. The number of carbonyl (C=O) groups is 2. The summed E-state index contributed by atoms with van der Waals surface area (Å²) in [6.45, 7) is -0.0352. The van der Waals surface area contributed by atoms with E-state index in [1.54, 1.807) is 4.90 Å². The molecule has 0 spiro atoms. The van der Waals surface area contributed by atoms with Crippen LogP contribution >= 0.6 is 0 Å². The zero-order valence-electron chi connectivity index (χ0n) is 22.0. The van der Waals surface area contributed by atoms with E-state index in [0.717, 1.165) is 6.07 Å². The van der Waals surface area contributed by atoms with E-state index in [1.807, 2.05) is 0 Å². The molecule has 1 saturated carbocycles. The average Bonchev–Trinajstić information content (AvgIpc) is 2.87. The molecule has 3 N–H and O–H groups in total. The molecule has 1 saturated heterocycles. The molecule has 0 atom stereocenters. The van der Waals surface area contributed by atoms with E-state index in [9.17, 15) is 46.0 Å². The van der Waals surface area contributed by atoms with Crippen LogP contribution in [0.3, 0.4) is 0 Å². The Morgan fingerprint density at radius 1 is 0.950 bits per heavy atom. The van der Waals surface area contributed by atoms with Gasteiger partial charge in [0.2, 0.25) is 5.91 Å². The number of nitrogens with one attached hydrogen (secondary N) is 1. The first kappa shape index (κ1) is 31.5. The molecular weight excluding hydrogens is 546 g/mol. The van der Waals surface area contributed by atoms with Crippen molar-refractivity contribution in [3.8, 4) is 0 Å². The summed E-state index contributed by atoms with van der Waals surface area (Å²) >= 11 is 0. The van der Waals surface area contributed by atoms with Crippen molar-refractivity contribution in [3.63, 3.8) is 0 Å². The highest BCUT2D eigenvalue weighted by Crippen LogP contribution is 2.42. The molecule has 40 heavy (non-hydrogen) atoms. The smallest absolute Gasteiger partial charge is 0.379 e. The Bertz CT molecular complexity index is 1060. The van der Waals surface area contributed by atoms with Crippen LogP contribution in [0.4, 0.5) is 43.4 Å². The minimum absolute atomic E-state index is 0.00315. The molecule has 1 aromatic rings. The Balaban J connectivity index is 1.76. The first-order chi connectivity index (χ1) is 18.7. The number of hydrogen-bond acceptors (Lipinski definition) is 6. The lowest BCUT2D eigenvalue weighted by molar-refractivity contribution is -0.384. The van der Waals surface area contributed by atoms with Crippen LogP contribution in [-0.4, -0.2) is 48.6 Å². The second-order valence-corrected chi connectivity index (χ2v) is 10.7. The Labute approximate surface area is 227 Å². The second kappa shape index (κ2) is 13.1. The van der Waals surface area contributed by atoms with Crippen LogP contribution in [0.2, 0.25) is 0 Å². The number of nitro groups is 1. The maximum absolute atomic E-state index is 13.3. The summed E-state index contributed by atoms with van der Waals surface area (Å²) in [6.07, 6.45) is -7.22. The Kier molecular flexibility index (Phi) is 10.3. The van der Waals surface area contributed by atoms with Crippen LogP contribution in [0.1, 0.15) is 74.6 Å². The number of nitro benzene ring substituents is 1. The Morgan fingerprint density at radius 2 is 1.52 bits per heavy atom. The molecule has 0 bridgehead atoms.